The van der Waals surface area contributed by atoms with Crippen LogP contribution in [-0.4, -0.2) is 36.6 Å². The molecular weight excluding hydrogens is 272 g/mol. The van der Waals surface area contributed by atoms with E-state index in [1.54, 1.807) is 0 Å². The number of carbonyl (C=O) groups excluding carboxylic acids is 2. The first kappa shape index (κ1) is 15.6. The van der Waals surface area contributed by atoms with Crippen molar-refractivity contribution < 1.29 is 49.4 Å². The Bertz CT molecular complexity index is 320. The summed E-state index contributed by atoms with van der Waals surface area (Å²) in [5, 5.41) is 0. The molecule has 0 aromatic heterocycles. The lowest BCUT2D eigenvalue weighted by Gasteiger charge is -2.18. The normalized spacial score (nSPS) is 13.4. The maximum absolute atomic E-state index is 12.1. The van der Waals surface area contributed by atoms with Crippen LogP contribution in [0, 0.1) is 0 Å². The lowest BCUT2D eigenvalue weighted by molar-refractivity contribution is -0.280. The van der Waals surface area contributed by atoms with Gasteiger partial charge < -0.3 is 4.74 Å². The third-order valence-corrected chi connectivity index (χ3v) is 1.26. The SMILES string of the molecule is O=C(OC(=O)C(F)(F)C(F)(F)F)C(F)(F)CF. The highest BCUT2D eigenvalue weighted by molar-refractivity contribution is 5.92. The van der Waals surface area contributed by atoms with Gasteiger partial charge in [0.25, 0.3) is 0 Å². The van der Waals surface area contributed by atoms with Crippen molar-refractivity contribution in [3.63, 3.8) is 0 Å². The Hall–Kier alpha value is -1.42. The minimum Gasteiger partial charge on any atom is -0.384 e. The average Bonchev–Trinajstić information content (AvgIpc) is 2.15. The number of esters is 2. The van der Waals surface area contributed by atoms with Gasteiger partial charge in [0, 0.05) is 0 Å². The highest BCUT2D eigenvalue weighted by atomic mass is 19.4. The summed E-state index contributed by atoms with van der Waals surface area (Å²) in [4.78, 5) is 20.3. The molecule has 0 aliphatic heterocycles. The van der Waals surface area contributed by atoms with Crippen LogP contribution in [0.3, 0.4) is 0 Å². The Morgan fingerprint density at radius 1 is 0.882 bits per heavy atom. The molecule has 0 radical (unpaired) electrons. The third kappa shape index (κ3) is 3.27. The van der Waals surface area contributed by atoms with Gasteiger partial charge in [-0.2, -0.15) is 30.7 Å². The van der Waals surface area contributed by atoms with Gasteiger partial charge in [-0.05, 0) is 0 Å². The van der Waals surface area contributed by atoms with Crippen LogP contribution in [0.5, 0.6) is 0 Å². The molecule has 0 amide bonds. The standard InChI is InChI=1S/C6H2F8O3/c7-1-4(8,9)2(15)17-3(16)5(10,11)6(12,13)14/h1H2. The fourth-order valence-electron chi connectivity index (χ4n) is 0.393. The molecule has 0 rings (SSSR count). The van der Waals surface area contributed by atoms with Crippen LogP contribution < -0.4 is 0 Å². The predicted octanol–water partition coefficient (Wildman–Crippen LogP) is 1.86. The quantitative estimate of drug-likeness (QED) is 0.448. The fourth-order valence-corrected chi connectivity index (χ4v) is 0.393. The second-order valence-electron chi connectivity index (χ2n) is 2.59. The maximum Gasteiger partial charge on any atom is 0.465 e. The molecule has 100 valence electrons. The zero-order valence-corrected chi connectivity index (χ0v) is 7.46. The van der Waals surface area contributed by atoms with Gasteiger partial charge in [0.1, 0.15) is 0 Å². The molecule has 0 bridgehead atoms. The number of hydrogen-bond donors (Lipinski definition) is 0. The Balaban J connectivity index is 4.85. The molecule has 0 atom stereocenters. The first-order chi connectivity index (χ1) is 7.36. The lowest BCUT2D eigenvalue weighted by atomic mass is 10.3. The van der Waals surface area contributed by atoms with Gasteiger partial charge in [0.15, 0.2) is 6.67 Å². The summed E-state index contributed by atoms with van der Waals surface area (Å²) in [7, 11) is 0. The molecule has 0 aromatic carbocycles. The predicted molar refractivity (Wildman–Crippen MR) is 33.0 cm³/mol. The van der Waals surface area contributed by atoms with Crippen LogP contribution in [0.15, 0.2) is 0 Å². The Morgan fingerprint density at radius 3 is 1.59 bits per heavy atom. The number of halogens is 8. The smallest absolute Gasteiger partial charge is 0.384 e. The van der Waals surface area contributed by atoms with E-state index in [9.17, 15) is 44.7 Å². The zero-order valence-electron chi connectivity index (χ0n) is 7.46. The van der Waals surface area contributed by atoms with Crippen molar-refractivity contribution in [1.82, 2.24) is 0 Å². The van der Waals surface area contributed by atoms with Crippen molar-refractivity contribution >= 4 is 11.9 Å². The average molecular weight is 274 g/mol. The molecule has 17 heavy (non-hydrogen) atoms. The third-order valence-electron chi connectivity index (χ3n) is 1.26. The van der Waals surface area contributed by atoms with Crippen molar-refractivity contribution in [1.29, 1.82) is 0 Å². The molecule has 0 N–H and O–H groups in total. The van der Waals surface area contributed by atoms with Gasteiger partial charge >= 0.3 is 30.0 Å². The molecule has 11 heteroatoms. The molecule has 0 aliphatic rings. The van der Waals surface area contributed by atoms with Gasteiger partial charge in [-0.25, -0.2) is 14.0 Å². The summed E-state index contributed by atoms with van der Waals surface area (Å²) < 4.78 is 96.8. The van der Waals surface area contributed by atoms with E-state index in [1.807, 2.05) is 0 Å². The van der Waals surface area contributed by atoms with Crippen LogP contribution in [0.4, 0.5) is 35.1 Å². The Labute approximate surface area is 87.3 Å². The van der Waals surface area contributed by atoms with Gasteiger partial charge in [0.05, 0.1) is 0 Å². The van der Waals surface area contributed by atoms with Gasteiger partial charge in [0.2, 0.25) is 0 Å². The van der Waals surface area contributed by atoms with E-state index in [0.717, 1.165) is 0 Å². The molecule has 0 aliphatic carbocycles. The molecule has 0 aromatic rings. The number of hydrogen-bond acceptors (Lipinski definition) is 3. The second-order valence-corrected chi connectivity index (χ2v) is 2.59. The minimum absolute atomic E-state index is 2.56. The first-order valence-electron chi connectivity index (χ1n) is 3.51. The number of alkyl halides is 8. The van der Waals surface area contributed by atoms with Crippen molar-refractivity contribution in [3.8, 4) is 0 Å². The highest BCUT2D eigenvalue weighted by Crippen LogP contribution is 2.36. The van der Waals surface area contributed by atoms with Gasteiger partial charge in [-0.15, -0.1) is 0 Å². The lowest BCUT2D eigenvalue weighted by Crippen LogP contribution is -2.48. The number of carbonyl (C=O) groups is 2. The van der Waals surface area contributed by atoms with E-state index in [1.165, 1.54) is 0 Å². The van der Waals surface area contributed by atoms with Crippen molar-refractivity contribution in [3.05, 3.63) is 0 Å². The highest BCUT2D eigenvalue weighted by Gasteiger charge is 2.66. The van der Waals surface area contributed by atoms with E-state index in [2.05, 4.69) is 4.74 Å². The summed E-state index contributed by atoms with van der Waals surface area (Å²) in [6.45, 7) is -2.71. The summed E-state index contributed by atoms with van der Waals surface area (Å²) >= 11 is 0. The number of ether oxygens (including phenoxy) is 1. The minimum atomic E-state index is -6.42. The summed E-state index contributed by atoms with van der Waals surface area (Å²) in [6, 6.07) is 0. The Kier molecular flexibility index (Phi) is 4.08. The maximum atomic E-state index is 12.1. The van der Waals surface area contributed by atoms with Gasteiger partial charge in [-0.3, -0.25) is 0 Å². The second kappa shape index (κ2) is 4.45. The van der Waals surface area contributed by atoms with Gasteiger partial charge in [-0.1, -0.05) is 0 Å². The molecule has 3 nitrogen and oxygen atoms in total. The molecule has 0 saturated heterocycles. The molecule has 0 spiro atoms. The topological polar surface area (TPSA) is 43.4 Å². The van der Waals surface area contributed by atoms with Crippen LogP contribution in [0.2, 0.25) is 0 Å². The van der Waals surface area contributed by atoms with Crippen LogP contribution >= 0.6 is 0 Å². The fraction of sp³-hybridized carbons (Fsp3) is 0.667. The van der Waals surface area contributed by atoms with Crippen LogP contribution in [-0.2, 0) is 14.3 Å². The largest absolute Gasteiger partial charge is 0.465 e. The van der Waals surface area contributed by atoms with Crippen molar-refractivity contribution in [2.45, 2.75) is 18.0 Å². The summed E-state index contributed by atoms with van der Waals surface area (Å²) in [6.07, 6.45) is -6.42. The number of rotatable bonds is 3. The Morgan fingerprint density at radius 2 is 1.29 bits per heavy atom. The van der Waals surface area contributed by atoms with Crippen molar-refractivity contribution in [2.24, 2.45) is 0 Å². The summed E-state index contributed by atoms with van der Waals surface area (Å²) in [5.74, 6) is -17.8. The van der Waals surface area contributed by atoms with Crippen molar-refractivity contribution in [2.75, 3.05) is 6.67 Å². The molecule has 0 fully saturated rings. The first-order valence-corrected chi connectivity index (χ1v) is 3.51. The molecular formula is C6H2F8O3. The molecule has 0 unspecified atom stereocenters. The summed E-state index contributed by atoms with van der Waals surface area (Å²) in [5.41, 5.74) is 0. The monoisotopic (exact) mass is 274 g/mol. The van der Waals surface area contributed by atoms with E-state index >= 15 is 0 Å². The van der Waals surface area contributed by atoms with Crippen LogP contribution in [0.1, 0.15) is 0 Å². The van der Waals surface area contributed by atoms with E-state index < -0.39 is 36.6 Å². The van der Waals surface area contributed by atoms with E-state index in [0.29, 0.717) is 0 Å². The molecule has 0 heterocycles. The van der Waals surface area contributed by atoms with E-state index in [4.69, 9.17) is 0 Å². The van der Waals surface area contributed by atoms with E-state index in [-0.39, 0.29) is 0 Å². The molecule has 0 saturated carbocycles. The van der Waals surface area contributed by atoms with Crippen LogP contribution in [0.25, 0.3) is 0 Å². The zero-order chi connectivity index (χ0) is 14.1.